The Morgan fingerprint density at radius 2 is 1.70 bits per heavy atom. The average molecular weight is 366 g/mol. The van der Waals surface area contributed by atoms with E-state index in [1.165, 1.54) is 5.56 Å². The van der Waals surface area contributed by atoms with E-state index in [1.54, 1.807) is 36.3 Å². The molecule has 2 amide bonds. The van der Waals surface area contributed by atoms with E-state index in [0.29, 0.717) is 24.3 Å². The van der Waals surface area contributed by atoms with Crippen LogP contribution in [0, 0.1) is 0 Å². The number of carbonyl (C=O) groups is 2. The topological polar surface area (TPSA) is 58.6 Å². The van der Waals surface area contributed by atoms with Crippen molar-refractivity contribution in [1.82, 2.24) is 0 Å². The van der Waals surface area contributed by atoms with Crippen molar-refractivity contribution in [2.75, 3.05) is 17.3 Å². The first-order chi connectivity index (χ1) is 12.8. The first-order valence-electron chi connectivity index (χ1n) is 9.17. The Hall–Kier alpha value is -2.82. The highest BCUT2D eigenvalue weighted by Crippen LogP contribution is 2.29. The van der Waals surface area contributed by atoms with Crippen LogP contribution in [0.1, 0.15) is 39.2 Å². The van der Waals surface area contributed by atoms with Crippen LogP contribution in [0.15, 0.2) is 48.5 Å². The molecule has 0 bridgehead atoms. The lowest BCUT2D eigenvalue weighted by Crippen LogP contribution is -2.41. The fourth-order valence-corrected chi connectivity index (χ4v) is 3.28. The molecule has 1 heterocycles. The predicted octanol–water partition coefficient (Wildman–Crippen LogP) is 4.13. The van der Waals surface area contributed by atoms with Crippen molar-refractivity contribution in [2.45, 2.75) is 45.1 Å². The van der Waals surface area contributed by atoms with Crippen molar-refractivity contribution in [3.63, 3.8) is 0 Å². The van der Waals surface area contributed by atoms with E-state index < -0.39 is 6.04 Å². The zero-order chi connectivity index (χ0) is 19.6. The molecule has 1 saturated heterocycles. The molecule has 1 fully saturated rings. The van der Waals surface area contributed by atoms with Crippen LogP contribution in [-0.4, -0.2) is 25.0 Å². The van der Waals surface area contributed by atoms with Crippen molar-refractivity contribution >= 4 is 23.2 Å². The molecule has 1 aliphatic heterocycles. The number of nitrogens with zero attached hydrogens (tertiary/aromatic N) is 1. The van der Waals surface area contributed by atoms with Gasteiger partial charge in [0.1, 0.15) is 11.8 Å². The lowest BCUT2D eigenvalue weighted by atomic mass is 9.87. The van der Waals surface area contributed by atoms with Gasteiger partial charge >= 0.3 is 0 Å². The highest BCUT2D eigenvalue weighted by atomic mass is 16.5. The second-order valence-electron chi connectivity index (χ2n) is 7.83. The molecule has 2 aromatic carbocycles. The number of rotatable bonds is 4. The molecule has 0 radical (unpaired) electrons. The Labute approximate surface area is 160 Å². The number of amides is 2. The van der Waals surface area contributed by atoms with Crippen LogP contribution >= 0.6 is 0 Å². The third-order valence-corrected chi connectivity index (χ3v) is 4.88. The van der Waals surface area contributed by atoms with Crippen LogP contribution in [0.4, 0.5) is 11.4 Å². The zero-order valence-electron chi connectivity index (χ0n) is 16.3. The monoisotopic (exact) mass is 366 g/mol. The second kappa shape index (κ2) is 7.43. The van der Waals surface area contributed by atoms with Gasteiger partial charge in [0.05, 0.1) is 7.11 Å². The third kappa shape index (κ3) is 4.13. The first-order valence-corrected chi connectivity index (χ1v) is 9.17. The maximum Gasteiger partial charge on any atom is 0.247 e. The van der Waals surface area contributed by atoms with Crippen molar-refractivity contribution < 1.29 is 14.3 Å². The Kier molecular flexibility index (Phi) is 5.22. The summed E-state index contributed by atoms with van der Waals surface area (Å²) in [6, 6.07) is 14.6. The summed E-state index contributed by atoms with van der Waals surface area (Å²) >= 11 is 0. The fraction of sp³-hybridized carbons (Fsp3) is 0.364. The lowest BCUT2D eigenvalue weighted by molar-refractivity contribution is -0.120. The molecule has 2 aromatic rings. The Morgan fingerprint density at radius 1 is 1.07 bits per heavy atom. The molecule has 0 aliphatic carbocycles. The molecule has 27 heavy (non-hydrogen) atoms. The summed E-state index contributed by atoms with van der Waals surface area (Å²) in [5.74, 6) is 0.508. The number of benzene rings is 2. The van der Waals surface area contributed by atoms with Gasteiger partial charge in [0.2, 0.25) is 11.8 Å². The minimum atomic E-state index is -0.506. The van der Waals surface area contributed by atoms with E-state index in [0.717, 1.165) is 5.69 Å². The molecule has 3 rings (SSSR count). The Balaban J connectivity index is 1.75. The number of nitrogens with one attached hydrogen (secondary N) is 1. The van der Waals surface area contributed by atoms with Gasteiger partial charge in [0.25, 0.3) is 0 Å². The molecule has 1 atom stereocenters. The normalized spacial score (nSPS) is 17.1. The van der Waals surface area contributed by atoms with Crippen molar-refractivity contribution in [3.05, 3.63) is 54.1 Å². The van der Waals surface area contributed by atoms with E-state index in [-0.39, 0.29) is 17.2 Å². The molecule has 0 spiro atoms. The number of hydrogen-bond acceptors (Lipinski definition) is 3. The van der Waals surface area contributed by atoms with E-state index in [9.17, 15) is 9.59 Å². The van der Waals surface area contributed by atoms with Gasteiger partial charge in [-0.25, -0.2) is 0 Å². The Bertz CT molecular complexity index is 820. The van der Waals surface area contributed by atoms with Crippen LogP contribution in [0.2, 0.25) is 0 Å². The van der Waals surface area contributed by atoms with Gasteiger partial charge in [-0.15, -0.1) is 0 Å². The van der Waals surface area contributed by atoms with Crippen LogP contribution < -0.4 is 15.0 Å². The van der Waals surface area contributed by atoms with Crippen LogP contribution in [0.25, 0.3) is 0 Å². The number of anilines is 2. The summed E-state index contributed by atoms with van der Waals surface area (Å²) in [5.41, 5.74) is 2.71. The summed E-state index contributed by atoms with van der Waals surface area (Å²) < 4.78 is 5.16. The lowest BCUT2D eigenvalue weighted by Gasteiger charge is -2.24. The van der Waals surface area contributed by atoms with E-state index in [1.807, 2.05) is 24.3 Å². The van der Waals surface area contributed by atoms with Crippen LogP contribution in [0.5, 0.6) is 5.75 Å². The summed E-state index contributed by atoms with van der Waals surface area (Å²) in [5, 5.41) is 2.95. The number of carbonyl (C=O) groups excluding carboxylic acids is 2. The molecule has 0 aromatic heterocycles. The fourth-order valence-electron chi connectivity index (χ4n) is 3.28. The molecule has 0 saturated carbocycles. The van der Waals surface area contributed by atoms with Gasteiger partial charge < -0.3 is 10.1 Å². The van der Waals surface area contributed by atoms with E-state index in [2.05, 4.69) is 26.1 Å². The summed E-state index contributed by atoms with van der Waals surface area (Å²) in [6.45, 7) is 6.45. The minimum absolute atomic E-state index is 0.0385. The molecule has 1 unspecified atom stereocenters. The summed E-state index contributed by atoms with van der Waals surface area (Å²) in [7, 11) is 1.59. The maximum absolute atomic E-state index is 12.8. The quantitative estimate of drug-likeness (QED) is 0.885. The number of hydrogen-bond donors (Lipinski definition) is 1. The van der Waals surface area contributed by atoms with Gasteiger partial charge in [0, 0.05) is 17.8 Å². The maximum atomic E-state index is 12.8. The van der Waals surface area contributed by atoms with Crippen LogP contribution in [-0.2, 0) is 15.0 Å². The van der Waals surface area contributed by atoms with Gasteiger partial charge in [-0.05, 0) is 53.8 Å². The van der Waals surface area contributed by atoms with Gasteiger partial charge in [0.15, 0.2) is 0 Å². The molecule has 1 aliphatic rings. The highest BCUT2D eigenvalue weighted by Gasteiger charge is 2.37. The molecular weight excluding hydrogens is 340 g/mol. The average Bonchev–Trinajstić information content (AvgIpc) is 3.03. The predicted molar refractivity (Wildman–Crippen MR) is 107 cm³/mol. The minimum Gasteiger partial charge on any atom is -0.497 e. The Morgan fingerprint density at radius 3 is 2.26 bits per heavy atom. The highest BCUT2D eigenvalue weighted by molar-refractivity contribution is 6.07. The number of ether oxygens (including phenoxy) is 1. The van der Waals surface area contributed by atoms with Crippen LogP contribution in [0.3, 0.4) is 0 Å². The first kappa shape index (κ1) is 19.0. The largest absolute Gasteiger partial charge is 0.497 e. The standard InChI is InChI=1S/C22H26N2O3/c1-22(2,3)15-5-7-16(8-6-15)23-21(26)19-13-14-20(25)24(19)17-9-11-18(27-4)12-10-17/h5-12,19H,13-14H2,1-4H3,(H,23,26). The van der Waals surface area contributed by atoms with Crippen molar-refractivity contribution in [3.8, 4) is 5.75 Å². The SMILES string of the molecule is COc1ccc(N2C(=O)CCC2C(=O)Nc2ccc(C(C)(C)C)cc2)cc1. The zero-order valence-corrected chi connectivity index (χ0v) is 16.3. The van der Waals surface area contributed by atoms with Gasteiger partial charge in [-0.1, -0.05) is 32.9 Å². The second-order valence-corrected chi connectivity index (χ2v) is 7.83. The van der Waals surface area contributed by atoms with Crippen molar-refractivity contribution in [2.24, 2.45) is 0 Å². The summed E-state index contributed by atoms with van der Waals surface area (Å²) in [4.78, 5) is 26.8. The molecule has 142 valence electrons. The smallest absolute Gasteiger partial charge is 0.247 e. The van der Waals surface area contributed by atoms with E-state index >= 15 is 0 Å². The van der Waals surface area contributed by atoms with E-state index in [4.69, 9.17) is 4.74 Å². The molecular formula is C22H26N2O3. The molecule has 5 nitrogen and oxygen atoms in total. The molecule has 1 N–H and O–H groups in total. The third-order valence-electron chi connectivity index (χ3n) is 4.88. The summed E-state index contributed by atoms with van der Waals surface area (Å²) in [6.07, 6.45) is 0.879. The number of methoxy groups -OCH3 is 1. The van der Waals surface area contributed by atoms with Gasteiger partial charge in [-0.3, -0.25) is 14.5 Å². The molecule has 5 heteroatoms. The van der Waals surface area contributed by atoms with Gasteiger partial charge in [-0.2, -0.15) is 0 Å². The van der Waals surface area contributed by atoms with Crippen molar-refractivity contribution in [1.29, 1.82) is 0 Å².